The van der Waals surface area contributed by atoms with Gasteiger partial charge in [-0.2, -0.15) is 0 Å². The zero-order chi connectivity index (χ0) is 21.0. The van der Waals surface area contributed by atoms with Crippen molar-refractivity contribution in [3.8, 4) is 22.6 Å². The summed E-state index contributed by atoms with van der Waals surface area (Å²) >= 11 is 0. The minimum Gasteiger partial charge on any atom is -0.486 e. The summed E-state index contributed by atoms with van der Waals surface area (Å²) in [6, 6.07) is 25.3. The first-order valence-corrected chi connectivity index (χ1v) is 10.2. The van der Waals surface area contributed by atoms with Crippen molar-refractivity contribution in [3.63, 3.8) is 0 Å². The molecule has 0 bridgehead atoms. The molecule has 0 saturated carbocycles. The van der Waals surface area contributed by atoms with E-state index in [4.69, 9.17) is 13.9 Å². The van der Waals surface area contributed by atoms with Crippen molar-refractivity contribution < 1.29 is 18.7 Å². The Morgan fingerprint density at radius 2 is 1.55 bits per heavy atom. The van der Waals surface area contributed by atoms with Crippen LogP contribution in [0.1, 0.15) is 15.9 Å². The number of hydrogen-bond donors (Lipinski definition) is 0. The van der Waals surface area contributed by atoms with Crippen LogP contribution in [-0.2, 0) is 6.54 Å². The van der Waals surface area contributed by atoms with Crippen molar-refractivity contribution >= 4 is 11.6 Å². The monoisotopic (exact) mass is 411 g/mol. The maximum atomic E-state index is 13.5. The highest BCUT2D eigenvalue weighted by atomic mass is 16.6. The van der Waals surface area contributed by atoms with E-state index >= 15 is 0 Å². The minimum atomic E-state index is -0.120. The summed E-state index contributed by atoms with van der Waals surface area (Å²) in [6.45, 7) is 1.39. The van der Waals surface area contributed by atoms with E-state index in [-0.39, 0.29) is 5.91 Å². The second-order valence-corrected chi connectivity index (χ2v) is 7.29. The molecule has 0 fully saturated rings. The molecular weight excluding hydrogens is 390 g/mol. The predicted molar refractivity (Wildman–Crippen MR) is 119 cm³/mol. The summed E-state index contributed by atoms with van der Waals surface area (Å²) in [6.07, 6.45) is 3.27. The van der Waals surface area contributed by atoms with Crippen LogP contribution in [0, 0.1) is 0 Å². The van der Waals surface area contributed by atoms with Crippen molar-refractivity contribution in [1.29, 1.82) is 0 Å². The predicted octanol–water partition coefficient (Wildman–Crippen LogP) is 5.56. The van der Waals surface area contributed by atoms with E-state index in [0.717, 1.165) is 22.4 Å². The first kappa shape index (κ1) is 19.0. The quantitative estimate of drug-likeness (QED) is 0.431. The van der Waals surface area contributed by atoms with E-state index in [1.54, 1.807) is 35.6 Å². The molecule has 0 saturated heterocycles. The SMILES string of the molecule is O=C(c1ccc2c(c1)OCCO2)N(Cc1ccoc1)c1ccc(-c2ccccc2)cc1. The highest BCUT2D eigenvalue weighted by molar-refractivity contribution is 6.06. The van der Waals surface area contributed by atoms with Gasteiger partial charge in [0.25, 0.3) is 5.91 Å². The molecule has 0 radical (unpaired) electrons. The molecule has 0 N–H and O–H groups in total. The van der Waals surface area contributed by atoms with E-state index in [1.807, 2.05) is 48.5 Å². The van der Waals surface area contributed by atoms with E-state index in [0.29, 0.717) is 36.8 Å². The first-order chi connectivity index (χ1) is 15.3. The lowest BCUT2D eigenvalue weighted by Crippen LogP contribution is -2.30. The third-order valence-electron chi connectivity index (χ3n) is 5.24. The number of rotatable bonds is 5. The van der Waals surface area contributed by atoms with Crippen LogP contribution in [-0.4, -0.2) is 19.1 Å². The van der Waals surface area contributed by atoms with Gasteiger partial charge < -0.3 is 18.8 Å². The van der Waals surface area contributed by atoms with Gasteiger partial charge in [-0.15, -0.1) is 0 Å². The Bertz CT molecular complexity index is 1170. The highest BCUT2D eigenvalue weighted by Crippen LogP contribution is 2.32. The Hall–Kier alpha value is -3.99. The Balaban J connectivity index is 1.47. The van der Waals surface area contributed by atoms with Crippen molar-refractivity contribution in [1.82, 2.24) is 0 Å². The number of carbonyl (C=O) groups excluding carboxylic acids is 1. The Labute approximate surface area is 180 Å². The largest absolute Gasteiger partial charge is 0.486 e. The van der Waals surface area contributed by atoms with Crippen molar-refractivity contribution in [2.45, 2.75) is 6.54 Å². The summed E-state index contributed by atoms with van der Waals surface area (Å²) in [5.74, 6) is 1.14. The average Bonchev–Trinajstić information content (AvgIpc) is 3.36. The van der Waals surface area contributed by atoms with Gasteiger partial charge in [-0.1, -0.05) is 42.5 Å². The number of benzene rings is 3. The molecule has 5 rings (SSSR count). The topological polar surface area (TPSA) is 51.9 Å². The molecule has 3 aromatic carbocycles. The number of ether oxygens (including phenoxy) is 2. The maximum Gasteiger partial charge on any atom is 0.258 e. The third-order valence-corrected chi connectivity index (χ3v) is 5.24. The van der Waals surface area contributed by atoms with Gasteiger partial charge in [-0.05, 0) is 47.5 Å². The first-order valence-electron chi connectivity index (χ1n) is 10.2. The fraction of sp³-hybridized carbons (Fsp3) is 0.115. The van der Waals surface area contributed by atoms with Gasteiger partial charge >= 0.3 is 0 Å². The van der Waals surface area contributed by atoms with E-state index in [1.165, 1.54) is 0 Å². The molecule has 5 heteroatoms. The van der Waals surface area contributed by atoms with Crippen LogP contribution in [0.3, 0.4) is 0 Å². The number of amides is 1. The number of fused-ring (bicyclic) bond motifs is 1. The molecule has 1 amide bonds. The van der Waals surface area contributed by atoms with Gasteiger partial charge in [0.1, 0.15) is 13.2 Å². The van der Waals surface area contributed by atoms with Gasteiger partial charge in [0.05, 0.1) is 19.1 Å². The van der Waals surface area contributed by atoms with Gasteiger partial charge in [0.2, 0.25) is 0 Å². The molecule has 0 unspecified atom stereocenters. The number of furan rings is 1. The fourth-order valence-electron chi connectivity index (χ4n) is 3.64. The molecule has 1 aliphatic rings. The third kappa shape index (κ3) is 4.03. The zero-order valence-corrected chi connectivity index (χ0v) is 16.9. The van der Waals surface area contributed by atoms with E-state index in [9.17, 15) is 4.79 Å². The lowest BCUT2D eigenvalue weighted by molar-refractivity contribution is 0.0984. The summed E-state index contributed by atoms with van der Waals surface area (Å²) in [7, 11) is 0. The lowest BCUT2D eigenvalue weighted by Gasteiger charge is -2.24. The van der Waals surface area contributed by atoms with Crippen molar-refractivity contribution in [3.05, 3.63) is 103 Å². The van der Waals surface area contributed by atoms with Crippen LogP contribution in [0.4, 0.5) is 5.69 Å². The fourth-order valence-corrected chi connectivity index (χ4v) is 3.64. The molecule has 2 heterocycles. The molecule has 31 heavy (non-hydrogen) atoms. The Kier molecular flexibility index (Phi) is 5.15. The summed E-state index contributed by atoms with van der Waals surface area (Å²) in [4.78, 5) is 15.3. The van der Waals surface area contributed by atoms with E-state index < -0.39 is 0 Å². The smallest absolute Gasteiger partial charge is 0.258 e. The molecule has 0 atom stereocenters. The Morgan fingerprint density at radius 1 is 0.806 bits per heavy atom. The molecular formula is C26H21NO4. The van der Waals surface area contributed by atoms with Crippen LogP contribution in [0.25, 0.3) is 11.1 Å². The zero-order valence-electron chi connectivity index (χ0n) is 16.9. The van der Waals surface area contributed by atoms with Crippen LogP contribution >= 0.6 is 0 Å². The van der Waals surface area contributed by atoms with Crippen LogP contribution in [0.5, 0.6) is 11.5 Å². The van der Waals surface area contributed by atoms with E-state index in [2.05, 4.69) is 12.1 Å². The number of hydrogen-bond acceptors (Lipinski definition) is 4. The second kappa shape index (κ2) is 8.40. The van der Waals surface area contributed by atoms with Gasteiger partial charge in [-0.3, -0.25) is 4.79 Å². The van der Waals surface area contributed by atoms with Crippen molar-refractivity contribution in [2.75, 3.05) is 18.1 Å². The Morgan fingerprint density at radius 3 is 2.29 bits per heavy atom. The molecule has 5 nitrogen and oxygen atoms in total. The maximum absolute atomic E-state index is 13.5. The molecule has 1 aromatic heterocycles. The molecule has 0 spiro atoms. The molecule has 4 aromatic rings. The minimum absolute atomic E-state index is 0.120. The summed E-state index contributed by atoms with van der Waals surface area (Å²) in [5.41, 5.74) is 4.49. The van der Waals surface area contributed by atoms with Gasteiger partial charge in [-0.25, -0.2) is 0 Å². The number of anilines is 1. The van der Waals surface area contributed by atoms with Crippen LogP contribution in [0.15, 0.2) is 95.8 Å². The highest BCUT2D eigenvalue weighted by Gasteiger charge is 2.21. The molecule has 0 aliphatic carbocycles. The lowest BCUT2D eigenvalue weighted by atomic mass is 10.0. The molecule has 154 valence electrons. The van der Waals surface area contributed by atoms with Gasteiger partial charge in [0, 0.05) is 16.8 Å². The summed E-state index contributed by atoms with van der Waals surface area (Å²) < 4.78 is 16.5. The number of nitrogens with zero attached hydrogens (tertiary/aromatic N) is 1. The normalized spacial score (nSPS) is 12.4. The van der Waals surface area contributed by atoms with Crippen molar-refractivity contribution in [2.24, 2.45) is 0 Å². The van der Waals surface area contributed by atoms with Gasteiger partial charge in [0.15, 0.2) is 11.5 Å². The van der Waals surface area contributed by atoms with Crippen LogP contribution < -0.4 is 14.4 Å². The average molecular weight is 411 g/mol. The standard InChI is InChI=1S/C26H21NO4/c28-26(22-8-11-24-25(16-22)31-15-14-30-24)27(17-19-12-13-29-18-19)23-9-6-21(7-10-23)20-4-2-1-3-5-20/h1-13,16,18H,14-15,17H2. The summed E-state index contributed by atoms with van der Waals surface area (Å²) in [5, 5.41) is 0. The molecule has 1 aliphatic heterocycles. The van der Waals surface area contributed by atoms with Crippen LogP contribution in [0.2, 0.25) is 0 Å². The second-order valence-electron chi connectivity index (χ2n) is 7.29. The number of carbonyl (C=O) groups is 1.